The number of aryl methyl sites for hydroxylation is 1. The molecule has 0 aliphatic heterocycles. The zero-order chi connectivity index (χ0) is 26.1. The van der Waals surface area contributed by atoms with E-state index in [2.05, 4.69) is 26.0 Å². The minimum atomic E-state index is -0.328. The lowest BCUT2D eigenvalue weighted by atomic mass is 9.78. The normalized spacial score (nSPS) is 17.5. The maximum absolute atomic E-state index is 12.6. The van der Waals surface area contributed by atoms with Gasteiger partial charge < -0.3 is 9.47 Å². The quantitative estimate of drug-likeness (QED) is 0.122. The fourth-order valence-electron chi connectivity index (χ4n) is 5.59. The minimum Gasteiger partial charge on any atom is -0.494 e. The first-order chi connectivity index (χ1) is 18.2. The van der Waals surface area contributed by atoms with E-state index in [-0.39, 0.29) is 5.97 Å². The van der Waals surface area contributed by atoms with Gasteiger partial charge in [0.15, 0.2) is 0 Å². The number of carbonyl (C=O) groups is 1. The third-order valence-electron chi connectivity index (χ3n) is 8.00. The second-order valence-corrected chi connectivity index (χ2v) is 11.1. The maximum atomic E-state index is 12.6. The van der Waals surface area contributed by atoms with Crippen molar-refractivity contribution >= 4 is 5.97 Å². The molecule has 0 spiro atoms. The van der Waals surface area contributed by atoms with Crippen molar-refractivity contribution < 1.29 is 14.3 Å². The molecule has 0 amide bonds. The molecule has 0 N–H and O–H groups in total. The van der Waals surface area contributed by atoms with Crippen LogP contribution >= 0.6 is 0 Å². The number of ether oxygens (including phenoxy) is 2. The molecule has 0 radical (unpaired) electrons. The summed E-state index contributed by atoms with van der Waals surface area (Å²) in [5, 5.41) is 0. The SMILES string of the molecule is CCCCCCCCCCOc1ccc(C(=O)Oc2ccc(CC[C@H]3CC[C@H](CCC)CC3)cc2)cc1. The molecule has 2 aromatic carbocycles. The Balaban J connectivity index is 1.31. The van der Waals surface area contributed by atoms with Crippen LogP contribution < -0.4 is 9.47 Å². The van der Waals surface area contributed by atoms with E-state index in [1.165, 1.54) is 95.5 Å². The standard InChI is InChI=1S/C34H50O3/c1-3-5-6-7-8-9-10-11-27-36-32-25-21-31(22-26-32)34(35)37-33-23-19-30(20-24-33)18-17-29-15-13-28(12-4-2)14-16-29/h19-26,28-29H,3-18,27H2,1-2H3/t28-,29-. The van der Waals surface area contributed by atoms with Crippen LogP contribution in [0.3, 0.4) is 0 Å². The monoisotopic (exact) mass is 506 g/mol. The third kappa shape index (κ3) is 11.3. The van der Waals surface area contributed by atoms with Crippen LogP contribution in [0, 0.1) is 11.8 Å². The van der Waals surface area contributed by atoms with E-state index in [1.807, 2.05) is 24.3 Å². The molecule has 3 nitrogen and oxygen atoms in total. The van der Waals surface area contributed by atoms with Gasteiger partial charge in [0.1, 0.15) is 11.5 Å². The number of unbranched alkanes of at least 4 members (excludes halogenated alkanes) is 7. The lowest BCUT2D eigenvalue weighted by Crippen LogP contribution is -2.15. The van der Waals surface area contributed by atoms with Crippen molar-refractivity contribution in [3.05, 3.63) is 59.7 Å². The zero-order valence-corrected chi connectivity index (χ0v) is 23.5. The predicted octanol–water partition coefficient (Wildman–Crippen LogP) is 9.96. The van der Waals surface area contributed by atoms with Gasteiger partial charge in [-0.1, -0.05) is 109 Å². The van der Waals surface area contributed by atoms with Crippen molar-refractivity contribution in [2.75, 3.05) is 6.61 Å². The molecule has 0 aromatic heterocycles. The number of carbonyl (C=O) groups excluding carboxylic acids is 1. The smallest absolute Gasteiger partial charge is 0.343 e. The Labute approximate surface area is 226 Å². The molecule has 0 saturated heterocycles. The Morgan fingerprint density at radius 1 is 0.676 bits per heavy atom. The van der Waals surface area contributed by atoms with Gasteiger partial charge in [-0.05, 0) is 73.1 Å². The average molecular weight is 507 g/mol. The van der Waals surface area contributed by atoms with Gasteiger partial charge >= 0.3 is 5.97 Å². The van der Waals surface area contributed by atoms with Crippen LogP contribution in [-0.2, 0) is 6.42 Å². The first kappa shape index (κ1) is 29.3. The van der Waals surface area contributed by atoms with Crippen molar-refractivity contribution in [3.63, 3.8) is 0 Å². The average Bonchev–Trinajstić information content (AvgIpc) is 2.93. The molecule has 3 heteroatoms. The van der Waals surface area contributed by atoms with Gasteiger partial charge in [-0.2, -0.15) is 0 Å². The highest BCUT2D eigenvalue weighted by atomic mass is 16.5. The molecule has 3 rings (SSSR count). The van der Waals surface area contributed by atoms with Gasteiger partial charge in [0.2, 0.25) is 0 Å². The van der Waals surface area contributed by atoms with Crippen molar-refractivity contribution in [2.24, 2.45) is 11.8 Å². The number of esters is 1. The highest BCUT2D eigenvalue weighted by Gasteiger charge is 2.20. The molecule has 1 aliphatic rings. The summed E-state index contributed by atoms with van der Waals surface area (Å²) in [4.78, 5) is 12.6. The van der Waals surface area contributed by atoms with Crippen LogP contribution in [0.4, 0.5) is 0 Å². The van der Waals surface area contributed by atoms with Gasteiger partial charge in [0, 0.05) is 0 Å². The molecule has 1 fully saturated rings. The predicted molar refractivity (Wildman–Crippen MR) is 155 cm³/mol. The van der Waals surface area contributed by atoms with Crippen LogP contribution in [0.15, 0.2) is 48.5 Å². The minimum absolute atomic E-state index is 0.328. The lowest BCUT2D eigenvalue weighted by molar-refractivity contribution is 0.0734. The summed E-state index contributed by atoms with van der Waals surface area (Å²) in [5.41, 5.74) is 1.87. The highest BCUT2D eigenvalue weighted by molar-refractivity contribution is 5.91. The number of hydrogen-bond donors (Lipinski definition) is 0. The van der Waals surface area contributed by atoms with Crippen LogP contribution in [0.1, 0.15) is 126 Å². The van der Waals surface area contributed by atoms with Crippen molar-refractivity contribution in [3.8, 4) is 11.5 Å². The second-order valence-electron chi connectivity index (χ2n) is 11.1. The number of hydrogen-bond acceptors (Lipinski definition) is 3. The molecular formula is C34H50O3. The maximum Gasteiger partial charge on any atom is 0.343 e. The molecular weight excluding hydrogens is 456 g/mol. The molecule has 0 bridgehead atoms. The molecule has 1 saturated carbocycles. The Morgan fingerprint density at radius 2 is 1.24 bits per heavy atom. The van der Waals surface area contributed by atoms with Crippen LogP contribution in [0.5, 0.6) is 11.5 Å². The van der Waals surface area contributed by atoms with Crippen LogP contribution in [-0.4, -0.2) is 12.6 Å². The first-order valence-electron chi connectivity index (χ1n) is 15.2. The molecule has 0 unspecified atom stereocenters. The van der Waals surface area contributed by atoms with E-state index in [0.29, 0.717) is 11.3 Å². The Morgan fingerprint density at radius 3 is 1.86 bits per heavy atom. The molecule has 1 aliphatic carbocycles. The molecule has 2 aromatic rings. The van der Waals surface area contributed by atoms with E-state index in [0.717, 1.165) is 37.0 Å². The third-order valence-corrected chi connectivity index (χ3v) is 8.00. The fraction of sp³-hybridized carbons (Fsp3) is 0.618. The largest absolute Gasteiger partial charge is 0.494 e. The molecule has 0 atom stereocenters. The van der Waals surface area contributed by atoms with E-state index in [9.17, 15) is 4.79 Å². The van der Waals surface area contributed by atoms with Crippen LogP contribution in [0.2, 0.25) is 0 Å². The molecule has 204 valence electrons. The van der Waals surface area contributed by atoms with Crippen molar-refractivity contribution in [1.82, 2.24) is 0 Å². The van der Waals surface area contributed by atoms with Crippen LogP contribution in [0.25, 0.3) is 0 Å². The van der Waals surface area contributed by atoms with Gasteiger partial charge in [0.25, 0.3) is 0 Å². The Bertz CT molecular complexity index is 863. The summed E-state index contributed by atoms with van der Waals surface area (Å²) >= 11 is 0. The van der Waals surface area contributed by atoms with Gasteiger partial charge in [-0.3, -0.25) is 0 Å². The van der Waals surface area contributed by atoms with E-state index < -0.39 is 0 Å². The van der Waals surface area contributed by atoms with Gasteiger partial charge in [-0.25, -0.2) is 4.79 Å². The first-order valence-corrected chi connectivity index (χ1v) is 15.2. The Kier molecular flexibility index (Phi) is 13.7. The van der Waals surface area contributed by atoms with Gasteiger partial charge in [0.05, 0.1) is 12.2 Å². The molecule has 37 heavy (non-hydrogen) atoms. The Hall–Kier alpha value is -2.29. The van der Waals surface area contributed by atoms with Crippen molar-refractivity contribution in [1.29, 1.82) is 0 Å². The molecule has 0 heterocycles. The van der Waals surface area contributed by atoms with E-state index in [4.69, 9.17) is 9.47 Å². The van der Waals surface area contributed by atoms with Crippen molar-refractivity contribution in [2.45, 2.75) is 117 Å². The number of rotatable bonds is 17. The summed E-state index contributed by atoms with van der Waals surface area (Å²) < 4.78 is 11.5. The summed E-state index contributed by atoms with van der Waals surface area (Å²) in [6.07, 6.45) is 21.0. The summed E-state index contributed by atoms with van der Waals surface area (Å²) in [7, 11) is 0. The van der Waals surface area contributed by atoms with E-state index >= 15 is 0 Å². The highest BCUT2D eigenvalue weighted by Crippen LogP contribution is 2.34. The zero-order valence-electron chi connectivity index (χ0n) is 23.5. The second kappa shape index (κ2) is 17.3. The topological polar surface area (TPSA) is 35.5 Å². The van der Waals surface area contributed by atoms with Gasteiger partial charge in [-0.15, -0.1) is 0 Å². The summed E-state index contributed by atoms with van der Waals surface area (Å²) in [6, 6.07) is 15.4. The van der Waals surface area contributed by atoms with E-state index in [1.54, 1.807) is 12.1 Å². The number of benzene rings is 2. The fourth-order valence-corrected chi connectivity index (χ4v) is 5.59. The lowest BCUT2D eigenvalue weighted by Gasteiger charge is -2.28. The summed E-state index contributed by atoms with van der Waals surface area (Å²) in [5.74, 6) is 2.93. The summed E-state index contributed by atoms with van der Waals surface area (Å²) in [6.45, 7) is 5.29.